The molecule has 0 radical (unpaired) electrons. The van der Waals surface area contributed by atoms with E-state index in [1.54, 1.807) is 24.3 Å². The third kappa shape index (κ3) is 2.65. The third-order valence-electron chi connectivity index (χ3n) is 4.39. The standard InChI is InChI=1S/C16H19NO4/c1-10-2-7-13(21-10)14(18)17-12-5-3-11(4-6-12)16(8-9-16)15(19)20/h3-6,10,13H,2,7-9H2,1H3,(H,17,18)(H,19,20). The van der Waals surface area contributed by atoms with Crippen molar-refractivity contribution in [2.24, 2.45) is 0 Å². The van der Waals surface area contributed by atoms with Gasteiger partial charge >= 0.3 is 5.97 Å². The number of anilines is 1. The summed E-state index contributed by atoms with van der Waals surface area (Å²) in [5.41, 5.74) is 0.777. The van der Waals surface area contributed by atoms with E-state index >= 15 is 0 Å². The summed E-state index contributed by atoms with van der Waals surface area (Å²) in [4.78, 5) is 23.3. The van der Waals surface area contributed by atoms with E-state index in [1.807, 2.05) is 6.92 Å². The highest BCUT2D eigenvalue weighted by Crippen LogP contribution is 2.48. The summed E-state index contributed by atoms with van der Waals surface area (Å²) in [6.07, 6.45) is 2.76. The molecule has 0 aromatic heterocycles. The van der Waals surface area contributed by atoms with E-state index in [1.165, 1.54) is 0 Å². The van der Waals surface area contributed by atoms with Gasteiger partial charge in [-0.3, -0.25) is 9.59 Å². The Morgan fingerprint density at radius 2 is 1.90 bits per heavy atom. The van der Waals surface area contributed by atoms with Gasteiger partial charge in [0.2, 0.25) is 0 Å². The molecule has 1 aliphatic carbocycles. The van der Waals surface area contributed by atoms with Gasteiger partial charge in [0.05, 0.1) is 11.5 Å². The Labute approximate surface area is 123 Å². The fourth-order valence-electron chi connectivity index (χ4n) is 2.84. The topological polar surface area (TPSA) is 75.6 Å². The zero-order valence-corrected chi connectivity index (χ0v) is 12.0. The van der Waals surface area contributed by atoms with Crippen molar-refractivity contribution >= 4 is 17.6 Å². The van der Waals surface area contributed by atoms with E-state index in [4.69, 9.17) is 4.74 Å². The zero-order valence-electron chi connectivity index (χ0n) is 12.0. The maximum absolute atomic E-state index is 12.0. The predicted octanol–water partition coefficient (Wildman–Crippen LogP) is 2.31. The van der Waals surface area contributed by atoms with Crippen molar-refractivity contribution in [2.75, 3.05) is 5.32 Å². The summed E-state index contributed by atoms with van der Waals surface area (Å²) in [6, 6.07) is 7.09. The second-order valence-electron chi connectivity index (χ2n) is 5.97. The Kier molecular flexibility index (Phi) is 3.45. The van der Waals surface area contributed by atoms with E-state index in [0.29, 0.717) is 18.5 Å². The lowest BCUT2D eigenvalue weighted by atomic mass is 9.96. The lowest BCUT2D eigenvalue weighted by Gasteiger charge is -2.13. The molecule has 0 bridgehead atoms. The molecule has 3 rings (SSSR count). The Hall–Kier alpha value is -1.88. The van der Waals surface area contributed by atoms with Gasteiger partial charge < -0.3 is 15.2 Å². The van der Waals surface area contributed by atoms with Crippen LogP contribution in [0.2, 0.25) is 0 Å². The Bertz CT molecular complexity index is 562. The first-order valence-electron chi connectivity index (χ1n) is 7.31. The minimum Gasteiger partial charge on any atom is -0.481 e. The first kappa shape index (κ1) is 14.1. The molecule has 2 atom stereocenters. The number of ether oxygens (including phenoxy) is 1. The normalized spacial score (nSPS) is 26.3. The molecule has 5 nitrogen and oxygen atoms in total. The van der Waals surface area contributed by atoms with Gasteiger partial charge in [-0.1, -0.05) is 12.1 Å². The summed E-state index contributed by atoms with van der Waals surface area (Å²) in [6.45, 7) is 1.96. The van der Waals surface area contributed by atoms with Gasteiger partial charge in [-0.25, -0.2) is 0 Å². The lowest BCUT2D eigenvalue weighted by Crippen LogP contribution is -2.27. The van der Waals surface area contributed by atoms with Gasteiger partial charge in [-0.05, 0) is 50.3 Å². The number of carbonyl (C=O) groups excluding carboxylic acids is 1. The molecular weight excluding hydrogens is 270 g/mol. The van der Waals surface area contributed by atoms with Gasteiger partial charge in [-0.15, -0.1) is 0 Å². The van der Waals surface area contributed by atoms with Crippen molar-refractivity contribution in [3.05, 3.63) is 29.8 Å². The number of hydrogen-bond acceptors (Lipinski definition) is 3. The summed E-state index contributed by atoms with van der Waals surface area (Å²) in [7, 11) is 0. The van der Waals surface area contributed by atoms with Gasteiger partial charge in [0.25, 0.3) is 5.91 Å². The molecule has 1 aromatic carbocycles. The number of aliphatic carboxylic acids is 1. The van der Waals surface area contributed by atoms with Crippen molar-refractivity contribution in [2.45, 2.75) is 50.2 Å². The molecule has 2 aliphatic rings. The highest BCUT2D eigenvalue weighted by molar-refractivity contribution is 5.94. The molecule has 1 heterocycles. The van der Waals surface area contributed by atoms with Crippen LogP contribution < -0.4 is 5.32 Å². The van der Waals surface area contributed by atoms with E-state index in [-0.39, 0.29) is 18.1 Å². The number of carboxylic acids is 1. The number of rotatable bonds is 4. The average molecular weight is 289 g/mol. The van der Waals surface area contributed by atoms with Gasteiger partial charge in [-0.2, -0.15) is 0 Å². The molecule has 1 aliphatic heterocycles. The van der Waals surface area contributed by atoms with E-state index in [2.05, 4.69) is 5.32 Å². The third-order valence-corrected chi connectivity index (χ3v) is 4.39. The number of amides is 1. The van der Waals surface area contributed by atoms with Crippen LogP contribution in [0.1, 0.15) is 38.2 Å². The molecule has 21 heavy (non-hydrogen) atoms. The Morgan fingerprint density at radius 1 is 1.24 bits per heavy atom. The lowest BCUT2D eigenvalue weighted by molar-refractivity contribution is -0.140. The maximum Gasteiger partial charge on any atom is 0.314 e. The van der Waals surface area contributed by atoms with Crippen LogP contribution in [0.15, 0.2) is 24.3 Å². The molecule has 2 N–H and O–H groups in total. The van der Waals surface area contributed by atoms with Crippen LogP contribution in [0.3, 0.4) is 0 Å². The number of hydrogen-bond donors (Lipinski definition) is 2. The fraction of sp³-hybridized carbons (Fsp3) is 0.500. The second kappa shape index (κ2) is 5.15. The molecule has 1 amide bonds. The highest BCUT2D eigenvalue weighted by atomic mass is 16.5. The first-order chi connectivity index (χ1) is 10.0. The van der Waals surface area contributed by atoms with Gasteiger partial charge in [0.1, 0.15) is 6.10 Å². The number of carboxylic acid groups (broad SMARTS) is 1. The molecule has 2 unspecified atom stereocenters. The smallest absolute Gasteiger partial charge is 0.314 e. The summed E-state index contributed by atoms with van der Waals surface area (Å²) >= 11 is 0. The van der Waals surface area contributed by atoms with Crippen LogP contribution in [0.4, 0.5) is 5.69 Å². The summed E-state index contributed by atoms with van der Waals surface area (Å²) in [5, 5.41) is 12.1. The van der Waals surface area contributed by atoms with Crippen LogP contribution in [0, 0.1) is 0 Å². The molecule has 1 saturated heterocycles. The average Bonchev–Trinajstić information content (AvgIpc) is 3.16. The summed E-state index contributed by atoms with van der Waals surface area (Å²) in [5.74, 6) is -0.904. The van der Waals surface area contributed by atoms with Crippen LogP contribution in [-0.2, 0) is 19.7 Å². The van der Waals surface area contributed by atoms with Gasteiger partial charge in [0, 0.05) is 5.69 Å². The zero-order chi connectivity index (χ0) is 15.0. The van der Waals surface area contributed by atoms with Crippen molar-refractivity contribution in [1.82, 2.24) is 0 Å². The van der Waals surface area contributed by atoms with Crippen LogP contribution >= 0.6 is 0 Å². The first-order valence-corrected chi connectivity index (χ1v) is 7.31. The Morgan fingerprint density at radius 3 is 2.38 bits per heavy atom. The van der Waals surface area contributed by atoms with Crippen LogP contribution in [0.5, 0.6) is 0 Å². The number of benzene rings is 1. The number of nitrogens with one attached hydrogen (secondary N) is 1. The quantitative estimate of drug-likeness (QED) is 0.892. The monoisotopic (exact) mass is 289 g/mol. The second-order valence-corrected chi connectivity index (χ2v) is 5.97. The van der Waals surface area contributed by atoms with Crippen LogP contribution in [0.25, 0.3) is 0 Å². The molecule has 5 heteroatoms. The SMILES string of the molecule is CC1CCC(C(=O)Nc2ccc(C3(C(=O)O)CC3)cc2)O1. The molecule has 2 fully saturated rings. The molecule has 0 spiro atoms. The number of carbonyl (C=O) groups is 2. The molecule has 112 valence electrons. The van der Waals surface area contributed by atoms with Crippen molar-refractivity contribution in [3.8, 4) is 0 Å². The van der Waals surface area contributed by atoms with Crippen molar-refractivity contribution in [3.63, 3.8) is 0 Å². The van der Waals surface area contributed by atoms with E-state index in [0.717, 1.165) is 18.4 Å². The largest absolute Gasteiger partial charge is 0.481 e. The van der Waals surface area contributed by atoms with E-state index < -0.39 is 11.4 Å². The summed E-state index contributed by atoms with van der Waals surface area (Å²) < 4.78 is 5.52. The van der Waals surface area contributed by atoms with Gasteiger partial charge in [0.15, 0.2) is 0 Å². The molecule has 1 aromatic rings. The van der Waals surface area contributed by atoms with Crippen LogP contribution in [-0.4, -0.2) is 29.2 Å². The fourth-order valence-corrected chi connectivity index (χ4v) is 2.84. The minimum absolute atomic E-state index is 0.133. The molecule has 1 saturated carbocycles. The minimum atomic E-state index is -0.771. The highest BCUT2D eigenvalue weighted by Gasteiger charge is 2.51. The van der Waals surface area contributed by atoms with Crippen molar-refractivity contribution in [1.29, 1.82) is 0 Å². The Balaban J connectivity index is 1.65. The predicted molar refractivity (Wildman–Crippen MR) is 77.2 cm³/mol. The van der Waals surface area contributed by atoms with E-state index in [9.17, 15) is 14.7 Å². The maximum atomic E-state index is 12.0. The molecular formula is C16H19NO4. The van der Waals surface area contributed by atoms with Crippen molar-refractivity contribution < 1.29 is 19.4 Å².